The minimum absolute atomic E-state index is 0.270. The first kappa shape index (κ1) is 13.7. The first-order valence-electron chi connectivity index (χ1n) is 6.05. The van der Waals surface area contributed by atoms with Gasteiger partial charge in [0.15, 0.2) is 5.82 Å². The lowest BCUT2D eigenvalue weighted by Crippen LogP contribution is -2.01. The Labute approximate surface area is 116 Å². The van der Waals surface area contributed by atoms with E-state index in [9.17, 15) is 4.79 Å². The summed E-state index contributed by atoms with van der Waals surface area (Å²) in [5.74, 6) is 0.295. The van der Waals surface area contributed by atoms with Crippen LogP contribution in [0, 0.1) is 6.92 Å². The summed E-state index contributed by atoms with van der Waals surface area (Å²) in [5, 5.41) is 8.51. The van der Waals surface area contributed by atoms with Crippen molar-refractivity contribution in [2.45, 2.75) is 13.5 Å². The first-order valence-corrected chi connectivity index (χ1v) is 6.05. The van der Waals surface area contributed by atoms with E-state index in [-0.39, 0.29) is 6.61 Å². The van der Waals surface area contributed by atoms with E-state index in [1.807, 2.05) is 31.2 Å². The van der Waals surface area contributed by atoms with Crippen molar-refractivity contribution >= 4 is 12.0 Å². The fraction of sp³-hybridized carbons (Fsp3) is 0.133. The van der Waals surface area contributed by atoms with Crippen molar-refractivity contribution in [1.82, 2.24) is 9.97 Å². The molecular weight excluding hydrogens is 256 g/mol. The predicted octanol–water partition coefficient (Wildman–Crippen LogP) is 2.46. The molecule has 1 aromatic heterocycles. The fourth-order valence-corrected chi connectivity index (χ4v) is 1.48. The summed E-state index contributed by atoms with van der Waals surface area (Å²) in [7, 11) is 0. The second-order valence-corrected chi connectivity index (χ2v) is 4.21. The van der Waals surface area contributed by atoms with Gasteiger partial charge in [-0.15, -0.1) is 0 Å². The zero-order valence-corrected chi connectivity index (χ0v) is 11.0. The van der Waals surface area contributed by atoms with Gasteiger partial charge in [-0.05, 0) is 25.1 Å². The van der Waals surface area contributed by atoms with Crippen LogP contribution < -0.4 is 4.74 Å². The average Bonchev–Trinajstić information content (AvgIpc) is 2.45. The molecule has 1 aromatic carbocycles. The van der Waals surface area contributed by atoms with Gasteiger partial charge in [-0.25, -0.2) is 14.8 Å². The molecule has 0 atom stereocenters. The Morgan fingerprint density at radius 2 is 1.90 bits per heavy atom. The highest BCUT2D eigenvalue weighted by Crippen LogP contribution is 2.12. The van der Waals surface area contributed by atoms with Crippen LogP contribution in [-0.2, 0) is 11.4 Å². The van der Waals surface area contributed by atoms with E-state index >= 15 is 0 Å². The van der Waals surface area contributed by atoms with Gasteiger partial charge in [0.2, 0.25) is 0 Å². The van der Waals surface area contributed by atoms with Crippen LogP contribution in [0.15, 0.2) is 42.7 Å². The molecular formula is C15H14N2O3. The monoisotopic (exact) mass is 270 g/mol. The lowest BCUT2D eigenvalue weighted by atomic mass is 10.2. The van der Waals surface area contributed by atoms with Crippen molar-refractivity contribution in [3.8, 4) is 5.75 Å². The van der Waals surface area contributed by atoms with Gasteiger partial charge >= 0.3 is 5.97 Å². The highest BCUT2D eigenvalue weighted by Gasteiger charge is 1.99. The molecule has 0 fully saturated rings. The van der Waals surface area contributed by atoms with Crippen LogP contribution in [0.4, 0.5) is 0 Å². The summed E-state index contributed by atoms with van der Waals surface area (Å²) < 4.78 is 5.55. The van der Waals surface area contributed by atoms with Crippen LogP contribution in [-0.4, -0.2) is 21.0 Å². The quantitative estimate of drug-likeness (QED) is 0.845. The number of aromatic nitrogens is 2. The molecule has 2 aromatic rings. The Morgan fingerprint density at radius 1 is 1.25 bits per heavy atom. The van der Waals surface area contributed by atoms with Gasteiger partial charge in [0.05, 0.1) is 0 Å². The highest BCUT2D eigenvalue weighted by atomic mass is 16.5. The van der Waals surface area contributed by atoms with Crippen LogP contribution in [0.3, 0.4) is 0 Å². The number of ether oxygens (including phenoxy) is 1. The predicted molar refractivity (Wildman–Crippen MR) is 74.2 cm³/mol. The van der Waals surface area contributed by atoms with Gasteiger partial charge in [-0.2, -0.15) is 0 Å². The molecule has 0 amide bonds. The maximum Gasteiger partial charge on any atom is 0.328 e. The number of carbonyl (C=O) groups is 1. The van der Waals surface area contributed by atoms with Crippen molar-refractivity contribution in [1.29, 1.82) is 0 Å². The van der Waals surface area contributed by atoms with E-state index in [4.69, 9.17) is 9.84 Å². The summed E-state index contributed by atoms with van der Waals surface area (Å²) in [6, 6.07) is 7.71. The van der Waals surface area contributed by atoms with Crippen LogP contribution in [0.2, 0.25) is 0 Å². The van der Waals surface area contributed by atoms with Crippen molar-refractivity contribution in [2.24, 2.45) is 0 Å². The van der Waals surface area contributed by atoms with Crippen LogP contribution in [0.1, 0.15) is 17.0 Å². The fourth-order valence-electron chi connectivity index (χ4n) is 1.48. The molecule has 0 unspecified atom stereocenters. The minimum atomic E-state index is -1.00. The number of hydrogen-bond donors (Lipinski definition) is 1. The molecule has 0 radical (unpaired) electrons. The van der Waals surface area contributed by atoms with Gasteiger partial charge in [0.25, 0.3) is 0 Å². The third-order valence-corrected chi connectivity index (χ3v) is 2.53. The molecule has 2 rings (SSSR count). The van der Waals surface area contributed by atoms with Crippen molar-refractivity contribution in [3.63, 3.8) is 0 Å². The zero-order valence-electron chi connectivity index (χ0n) is 11.0. The van der Waals surface area contributed by atoms with Crippen molar-refractivity contribution in [2.75, 3.05) is 0 Å². The molecule has 1 heterocycles. The van der Waals surface area contributed by atoms with E-state index in [2.05, 4.69) is 9.97 Å². The second-order valence-electron chi connectivity index (χ2n) is 4.21. The molecule has 5 nitrogen and oxygen atoms in total. The summed E-state index contributed by atoms with van der Waals surface area (Å²) in [6.45, 7) is 2.28. The van der Waals surface area contributed by atoms with Gasteiger partial charge < -0.3 is 9.84 Å². The summed E-state index contributed by atoms with van der Waals surface area (Å²) in [6.07, 6.45) is 5.59. The summed E-state index contributed by atoms with van der Waals surface area (Å²) >= 11 is 0. The minimum Gasteiger partial charge on any atom is -0.486 e. The Hall–Kier alpha value is -2.69. The third-order valence-electron chi connectivity index (χ3n) is 2.53. The molecule has 102 valence electrons. The van der Waals surface area contributed by atoms with Gasteiger partial charge in [-0.1, -0.05) is 17.7 Å². The number of aliphatic carboxylic acids is 1. The second kappa shape index (κ2) is 6.47. The lowest BCUT2D eigenvalue weighted by Gasteiger charge is -2.05. The van der Waals surface area contributed by atoms with Crippen molar-refractivity contribution in [3.05, 3.63) is 59.7 Å². The topological polar surface area (TPSA) is 72.3 Å². The third kappa shape index (κ3) is 4.20. The Kier molecular flexibility index (Phi) is 4.44. The zero-order chi connectivity index (χ0) is 14.4. The largest absolute Gasteiger partial charge is 0.486 e. The van der Waals surface area contributed by atoms with E-state index in [0.717, 1.165) is 11.8 Å². The van der Waals surface area contributed by atoms with Crippen LogP contribution in [0.25, 0.3) is 6.08 Å². The molecule has 0 bridgehead atoms. The van der Waals surface area contributed by atoms with Crippen molar-refractivity contribution < 1.29 is 14.6 Å². The highest BCUT2D eigenvalue weighted by molar-refractivity contribution is 5.85. The molecule has 5 heteroatoms. The standard InChI is InChI=1S/C15H14N2O3/c1-11-2-5-13(6-3-11)20-10-14-16-8-12(9-17-14)4-7-15(18)19/h2-9H,10H2,1H3,(H,18,19)/b7-4+. The van der Waals surface area contributed by atoms with Gasteiger partial charge in [0.1, 0.15) is 12.4 Å². The number of rotatable bonds is 5. The summed E-state index contributed by atoms with van der Waals surface area (Å²) in [4.78, 5) is 18.6. The maximum absolute atomic E-state index is 10.4. The Balaban J connectivity index is 1.93. The number of carboxylic acids is 1. The van der Waals surface area contributed by atoms with Gasteiger partial charge in [-0.3, -0.25) is 0 Å². The smallest absolute Gasteiger partial charge is 0.328 e. The lowest BCUT2D eigenvalue weighted by molar-refractivity contribution is -0.131. The van der Waals surface area contributed by atoms with E-state index < -0.39 is 5.97 Å². The van der Waals surface area contributed by atoms with Crippen LogP contribution in [0.5, 0.6) is 5.75 Å². The number of aryl methyl sites for hydroxylation is 1. The normalized spacial score (nSPS) is 10.7. The number of hydrogen-bond acceptors (Lipinski definition) is 4. The molecule has 0 saturated heterocycles. The van der Waals surface area contributed by atoms with Gasteiger partial charge in [0, 0.05) is 24.0 Å². The average molecular weight is 270 g/mol. The van der Waals surface area contributed by atoms with E-state index in [1.54, 1.807) is 12.4 Å². The molecule has 0 spiro atoms. The Bertz CT molecular complexity index is 604. The molecule has 0 aliphatic heterocycles. The number of carboxylic acid groups (broad SMARTS) is 1. The Morgan fingerprint density at radius 3 is 2.50 bits per heavy atom. The number of nitrogens with zero attached hydrogens (tertiary/aromatic N) is 2. The number of benzene rings is 1. The molecule has 0 aliphatic rings. The maximum atomic E-state index is 10.4. The molecule has 1 N–H and O–H groups in total. The molecule has 0 aliphatic carbocycles. The molecule has 0 saturated carbocycles. The van der Waals surface area contributed by atoms with Crippen LogP contribution >= 0.6 is 0 Å². The molecule has 20 heavy (non-hydrogen) atoms. The van der Waals surface area contributed by atoms with E-state index in [0.29, 0.717) is 11.4 Å². The summed E-state index contributed by atoms with van der Waals surface area (Å²) in [5.41, 5.74) is 1.80. The van der Waals surface area contributed by atoms with E-state index in [1.165, 1.54) is 11.6 Å². The SMILES string of the molecule is Cc1ccc(OCc2ncc(/C=C/C(=O)O)cn2)cc1. The first-order chi connectivity index (χ1) is 9.63.